The first-order chi connectivity index (χ1) is 21.3. The molecule has 218 valence electrons. The second kappa shape index (κ2) is 12.1. The number of benzene rings is 4. The second-order valence-corrected chi connectivity index (χ2v) is 10.6. The van der Waals surface area contributed by atoms with Crippen molar-refractivity contribution in [3.63, 3.8) is 0 Å². The van der Waals surface area contributed by atoms with Crippen molar-refractivity contribution in [1.82, 2.24) is 0 Å². The van der Waals surface area contributed by atoms with E-state index in [2.05, 4.69) is 31.3 Å². The molecule has 0 unspecified atom stereocenters. The zero-order valence-corrected chi connectivity index (χ0v) is 25.0. The number of nitrogens with zero attached hydrogens (tertiary/aromatic N) is 6. The van der Waals surface area contributed by atoms with Gasteiger partial charge in [0.2, 0.25) is 0 Å². The highest BCUT2D eigenvalue weighted by molar-refractivity contribution is 6.72. The molecular weight excluding hydrogens is 599 g/mol. The average Bonchev–Trinajstić information content (AvgIpc) is 3.49. The second-order valence-electron chi connectivity index (χ2n) is 9.81. The van der Waals surface area contributed by atoms with Crippen molar-refractivity contribution in [2.45, 2.75) is 13.8 Å². The lowest BCUT2D eigenvalue weighted by Gasteiger charge is -2.11. The maximum atomic E-state index is 12.9. The molecule has 0 saturated heterocycles. The average molecular weight is 624 g/mol. The topological polar surface area (TPSA) is 114 Å². The monoisotopic (exact) mass is 622 g/mol. The fourth-order valence-corrected chi connectivity index (χ4v) is 4.99. The maximum absolute atomic E-state index is 12.9. The van der Waals surface area contributed by atoms with E-state index in [-0.39, 0.29) is 23.2 Å². The highest BCUT2D eigenvalue weighted by Gasteiger charge is 2.31. The highest BCUT2D eigenvalue weighted by Crippen LogP contribution is 2.33. The van der Waals surface area contributed by atoms with E-state index in [0.29, 0.717) is 44.2 Å². The molecule has 0 radical (unpaired) electrons. The summed E-state index contributed by atoms with van der Waals surface area (Å²) in [4.78, 5) is 25.8. The molecule has 44 heavy (non-hydrogen) atoms. The summed E-state index contributed by atoms with van der Waals surface area (Å²) < 4.78 is 0. The molecule has 2 aliphatic rings. The zero-order chi connectivity index (χ0) is 30.8. The molecule has 4 aromatic rings. The number of halogens is 2. The number of anilines is 4. The first-order valence-electron chi connectivity index (χ1n) is 13.5. The van der Waals surface area contributed by atoms with Crippen molar-refractivity contribution in [3.8, 4) is 11.1 Å². The van der Waals surface area contributed by atoms with Crippen molar-refractivity contribution >= 4 is 80.6 Å². The van der Waals surface area contributed by atoms with Crippen LogP contribution in [0.25, 0.3) is 11.1 Å². The van der Waals surface area contributed by atoms with Crippen molar-refractivity contribution in [2.75, 3.05) is 20.9 Å². The van der Waals surface area contributed by atoms with Gasteiger partial charge in [0, 0.05) is 0 Å². The van der Waals surface area contributed by atoms with E-state index in [1.54, 1.807) is 62.4 Å². The summed E-state index contributed by atoms with van der Waals surface area (Å²) >= 11 is 13.1. The smallest absolute Gasteiger partial charge is 0.276 e. The highest BCUT2D eigenvalue weighted by atomic mass is 35.5. The van der Waals surface area contributed by atoms with Gasteiger partial charge in [-0.15, -0.1) is 0 Å². The molecule has 2 N–H and O–H groups in total. The Hall–Kier alpha value is -5.32. The molecule has 12 heteroatoms. The van der Waals surface area contributed by atoms with Crippen molar-refractivity contribution in [1.29, 1.82) is 0 Å². The molecule has 0 fully saturated rings. The summed E-state index contributed by atoms with van der Waals surface area (Å²) in [6, 6.07) is 29.1. The van der Waals surface area contributed by atoms with Crippen LogP contribution in [0.5, 0.6) is 0 Å². The van der Waals surface area contributed by atoms with Crippen molar-refractivity contribution in [2.24, 2.45) is 20.4 Å². The molecule has 10 nitrogen and oxygen atoms in total. The quantitative estimate of drug-likeness (QED) is 0.215. The maximum Gasteiger partial charge on any atom is 0.301 e. The molecular formula is C32H24Cl2N8O2. The lowest BCUT2D eigenvalue weighted by molar-refractivity contribution is -0.112. The van der Waals surface area contributed by atoms with Crippen LogP contribution >= 0.6 is 23.2 Å². The van der Waals surface area contributed by atoms with E-state index >= 15 is 0 Å². The first kappa shape index (κ1) is 28.8. The molecule has 2 amide bonds. The van der Waals surface area contributed by atoms with E-state index in [0.717, 1.165) is 11.1 Å². The Morgan fingerprint density at radius 3 is 1.34 bits per heavy atom. The van der Waals surface area contributed by atoms with Gasteiger partial charge < -0.3 is 0 Å². The summed E-state index contributed by atoms with van der Waals surface area (Å²) in [5.74, 6) is -0.675. The third-order valence-electron chi connectivity index (χ3n) is 6.82. The number of hydrazone groups is 4. The van der Waals surface area contributed by atoms with Gasteiger partial charge in [0.25, 0.3) is 0 Å². The largest absolute Gasteiger partial charge is 0.301 e. The van der Waals surface area contributed by atoms with Gasteiger partial charge in [0.15, 0.2) is 11.4 Å². The minimum atomic E-state index is -0.337. The van der Waals surface area contributed by atoms with E-state index in [1.807, 2.05) is 48.5 Å². The molecule has 0 spiro atoms. The van der Waals surface area contributed by atoms with E-state index in [1.165, 1.54) is 10.0 Å². The van der Waals surface area contributed by atoms with Gasteiger partial charge in [0.05, 0.1) is 44.2 Å². The Kier molecular flexibility index (Phi) is 7.93. The first-order valence-corrected chi connectivity index (χ1v) is 14.2. The number of nitrogens with one attached hydrogen (secondary N) is 2. The fraction of sp³-hybridized carbons (Fsp3) is 0.0625. The minimum Gasteiger partial charge on any atom is -0.276 e. The van der Waals surface area contributed by atoms with Crippen LogP contribution < -0.4 is 20.9 Å². The van der Waals surface area contributed by atoms with Gasteiger partial charge in [-0.05, 0) is 73.5 Å². The minimum absolute atomic E-state index is 0.195. The molecule has 2 heterocycles. The molecule has 0 saturated carbocycles. The molecule has 0 aliphatic carbocycles. The Labute approximate surface area is 263 Å². The van der Waals surface area contributed by atoms with Gasteiger partial charge >= 0.3 is 11.8 Å². The van der Waals surface area contributed by atoms with Crippen molar-refractivity contribution in [3.05, 3.63) is 107 Å². The molecule has 2 aliphatic heterocycles. The van der Waals surface area contributed by atoms with Gasteiger partial charge in [-0.3, -0.25) is 20.4 Å². The molecule has 6 rings (SSSR count). The number of hydrogen-bond donors (Lipinski definition) is 2. The van der Waals surface area contributed by atoms with Crippen LogP contribution in [0.4, 0.5) is 22.7 Å². The Morgan fingerprint density at radius 2 is 0.977 bits per heavy atom. The van der Waals surface area contributed by atoms with Crippen LogP contribution in [0, 0.1) is 0 Å². The summed E-state index contributed by atoms with van der Waals surface area (Å²) in [6.45, 7) is 3.44. The zero-order valence-electron chi connectivity index (χ0n) is 23.5. The molecule has 0 bridgehead atoms. The molecule has 0 aromatic heterocycles. The number of hydrogen-bond acceptors (Lipinski definition) is 8. The Balaban J connectivity index is 1.14. The van der Waals surface area contributed by atoms with E-state index < -0.39 is 0 Å². The predicted octanol–water partition coefficient (Wildman–Crippen LogP) is 7.04. The number of carbonyl (C=O) groups excluding carboxylic acids is 2. The molecule has 0 atom stereocenters. The van der Waals surface area contributed by atoms with Crippen LogP contribution in [0.3, 0.4) is 0 Å². The van der Waals surface area contributed by atoms with Gasteiger partial charge in [-0.25, -0.2) is 0 Å². The normalized spacial score (nSPS) is 16.5. The standard InChI is InChI=1S/C32H24Cl2N8O2/c1-19-29(31(43)41(39-19)23-9-5-3-6-10-23)37-35-27-15-13-21(17-25(27)33)22-14-16-28(26(34)18-22)36-38-30-20(2)40-42(32(30)44)24-11-7-4-8-12-24/h3-18,35-36H,1-2H3/b37-29-,38-30-. The van der Waals surface area contributed by atoms with Gasteiger partial charge in [0.1, 0.15) is 0 Å². The summed E-state index contributed by atoms with van der Waals surface area (Å²) in [6.07, 6.45) is 0. The van der Waals surface area contributed by atoms with Crippen LogP contribution in [-0.2, 0) is 9.59 Å². The SMILES string of the molecule is CC1=NN(c2ccccc2)C(=O)/C1=N\Nc1ccc(-c2ccc(N/N=C3\C(=O)N(c4ccccc4)N=C3C)c(Cl)c2)cc1Cl. The van der Waals surface area contributed by atoms with E-state index in [9.17, 15) is 9.59 Å². The van der Waals surface area contributed by atoms with Gasteiger partial charge in [-0.2, -0.15) is 30.4 Å². The Morgan fingerprint density at radius 1 is 0.591 bits per heavy atom. The third-order valence-corrected chi connectivity index (χ3v) is 7.45. The fourth-order valence-electron chi connectivity index (χ4n) is 4.54. The number of rotatable bonds is 7. The summed E-state index contributed by atoms with van der Waals surface area (Å²) in [7, 11) is 0. The third kappa shape index (κ3) is 5.68. The lowest BCUT2D eigenvalue weighted by Crippen LogP contribution is -2.27. The number of amides is 2. The van der Waals surface area contributed by atoms with Crippen LogP contribution in [0.1, 0.15) is 13.8 Å². The van der Waals surface area contributed by atoms with Crippen LogP contribution in [0.2, 0.25) is 10.0 Å². The van der Waals surface area contributed by atoms with Crippen molar-refractivity contribution < 1.29 is 9.59 Å². The summed E-state index contributed by atoms with van der Waals surface area (Å²) in [5, 5.41) is 20.7. The Bertz CT molecular complexity index is 1770. The van der Waals surface area contributed by atoms with Crippen LogP contribution in [0.15, 0.2) is 117 Å². The van der Waals surface area contributed by atoms with Crippen LogP contribution in [-0.4, -0.2) is 34.7 Å². The predicted molar refractivity (Wildman–Crippen MR) is 178 cm³/mol. The lowest BCUT2D eigenvalue weighted by atomic mass is 10.0. The van der Waals surface area contributed by atoms with E-state index in [4.69, 9.17) is 23.2 Å². The van der Waals surface area contributed by atoms with Gasteiger partial charge in [-0.1, -0.05) is 71.7 Å². The summed E-state index contributed by atoms with van der Waals surface area (Å²) in [5.41, 5.74) is 11.1. The molecule has 4 aromatic carbocycles. The number of carbonyl (C=O) groups is 2. The number of para-hydroxylation sites is 2.